The summed E-state index contributed by atoms with van der Waals surface area (Å²) >= 11 is 0. The van der Waals surface area contributed by atoms with Gasteiger partial charge < -0.3 is 15.3 Å². The Balaban J connectivity index is 1.39. The molecule has 4 rings (SSSR count). The Bertz CT molecular complexity index is 664. The number of unbranched alkanes of at least 4 members (excludes halogenated alkanes) is 3. The Kier molecular flexibility index (Phi) is 7.33. The summed E-state index contributed by atoms with van der Waals surface area (Å²) in [6.07, 6.45) is 14.5. The molecule has 4 aliphatic carbocycles. The fourth-order valence-electron chi connectivity index (χ4n) is 9.46. The van der Waals surface area contributed by atoms with E-state index in [9.17, 15) is 15.0 Å². The lowest BCUT2D eigenvalue weighted by Gasteiger charge is -2.62. The van der Waals surface area contributed by atoms with E-state index in [1.807, 2.05) is 0 Å². The average molecular weight is 449 g/mol. The third-order valence-electron chi connectivity index (χ3n) is 11.3. The van der Waals surface area contributed by atoms with Crippen molar-refractivity contribution in [1.29, 1.82) is 0 Å². The fourth-order valence-corrected chi connectivity index (χ4v) is 9.46. The highest BCUT2D eigenvalue weighted by Gasteiger charge is 2.63. The van der Waals surface area contributed by atoms with Gasteiger partial charge in [0.2, 0.25) is 0 Å². The molecule has 4 heteroatoms. The minimum absolute atomic E-state index is 0.0568. The molecule has 0 aromatic heterocycles. The number of rotatable bonds is 8. The second-order valence-corrected chi connectivity index (χ2v) is 12.7. The van der Waals surface area contributed by atoms with Gasteiger partial charge in [-0.3, -0.25) is 4.79 Å². The molecule has 0 amide bonds. The molecular weight excluding hydrogens is 400 g/mol. The molecule has 32 heavy (non-hydrogen) atoms. The van der Waals surface area contributed by atoms with E-state index >= 15 is 0 Å². The van der Waals surface area contributed by atoms with Crippen molar-refractivity contribution in [3.8, 4) is 0 Å². The molecule has 4 aliphatic rings. The number of aliphatic hydroxyl groups is 2. The van der Waals surface area contributed by atoms with Crippen LogP contribution in [0.4, 0.5) is 0 Å². The molecule has 0 aromatic rings. The van der Waals surface area contributed by atoms with Crippen molar-refractivity contribution in [2.24, 2.45) is 46.3 Å². The summed E-state index contributed by atoms with van der Waals surface area (Å²) in [5.41, 5.74) is 0.366. The Morgan fingerprint density at radius 1 is 0.938 bits per heavy atom. The number of aliphatic carboxylic acids is 1. The number of aliphatic hydroxyl groups excluding tert-OH is 2. The highest BCUT2D eigenvalue weighted by molar-refractivity contribution is 5.66. The van der Waals surface area contributed by atoms with Crippen LogP contribution in [-0.2, 0) is 4.79 Å². The van der Waals surface area contributed by atoms with Crippen LogP contribution in [0, 0.1) is 46.3 Å². The van der Waals surface area contributed by atoms with Crippen molar-refractivity contribution >= 4 is 5.97 Å². The van der Waals surface area contributed by atoms with Gasteiger partial charge in [-0.25, -0.2) is 0 Å². The summed E-state index contributed by atoms with van der Waals surface area (Å²) < 4.78 is 0. The Hall–Kier alpha value is -0.610. The lowest BCUT2D eigenvalue weighted by molar-refractivity contribution is -0.174. The van der Waals surface area contributed by atoms with Crippen molar-refractivity contribution in [1.82, 2.24) is 0 Å². The first-order valence-corrected chi connectivity index (χ1v) is 13.8. The third kappa shape index (κ3) is 4.28. The largest absolute Gasteiger partial charge is 0.481 e. The van der Waals surface area contributed by atoms with Crippen molar-refractivity contribution in [2.45, 2.75) is 123 Å². The monoisotopic (exact) mass is 448 g/mol. The van der Waals surface area contributed by atoms with E-state index in [0.717, 1.165) is 50.9 Å². The fraction of sp³-hybridized carbons (Fsp3) is 0.964. The molecule has 0 heterocycles. The molecule has 3 N–H and O–H groups in total. The summed E-state index contributed by atoms with van der Waals surface area (Å²) in [4.78, 5) is 10.7. The van der Waals surface area contributed by atoms with E-state index in [2.05, 4.69) is 20.8 Å². The number of hydrogen-bond donors (Lipinski definition) is 3. The normalized spacial score (nSPS) is 46.7. The number of carboxylic acid groups (broad SMARTS) is 1. The average Bonchev–Trinajstić information content (AvgIpc) is 3.10. The lowest BCUT2D eigenvalue weighted by atomic mass is 9.43. The predicted octanol–water partition coefficient (Wildman–Crippen LogP) is 6.04. The van der Waals surface area contributed by atoms with E-state index in [1.165, 1.54) is 38.5 Å². The van der Waals surface area contributed by atoms with E-state index < -0.39 is 5.97 Å². The summed E-state index contributed by atoms with van der Waals surface area (Å²) in [6, 6.07) is 0. The molecule has 0 aliphatic heterocycles. The van der Waals surface area contributed by atoms with Crippen LogP contribution in [0.15, 0.2) is 0 Å². The van der Waals surface area contributed by atoms with Gasteiger partial charge in [-0.2, -0.15) is 0 Å². The number of hydrogen-bond acceptors (Lipinski definition) is 3. The standard InChI is InChI=1S/C28H48O4/c1-18(8-6-4-5-7-9-26(31)32)22-12-13-23-21-11-10-19-16-20(29)14-15-27(19,2)24(21)17-25(30)28(22,23)3/h18-25,29-30H,4-17H2,1-3H3,(H,31,32)/t18?,19-,20-,21?,22-,23?,24?,25+,27+,28-/m1/s1. The minimum Gasteiger partial charge on any atom is -0.481 e. The van der Waals surface area contributed by atoms with Crippen LogP contribution < -0.4 is 0 Å². The topological polar surface area (TPSA) is 77.8 Å². The first-order chi connectivity index (χ1) is 15.2. The number of carbonyl (C=O) groups is 1. The molecule has 4 saturated carbocycles. The lowest BCUT2D eigenvalue weighted by Crippen LogP contribution is -2.58. The highest BCUT2D eigenvalue weighted by Crippen LogP contribution is 2.68. The molecule has 4 fully saturated rings. The molecule has 0 bridgehead atoms. The van der Waals surface area contributed by atoms with E-state index in [0.29, 0.717) is 41.4 Å². The van der Waals surface area contributed by atoms with Crippen LogP contribution in [0.2, 0.25) is 0 Å². The second-order valence-electron chi connectivity index (χ2n) is 12.7. The SMILES string of the molecule is CC(CCCCCCC(=O)O)[C@H]1CCC2C3CC[C@@H]4C[C@H](O)CC[C@]4(C)C3C[C@H](O)[C@@]21C. The van der Waals surface area contributed by atoms with E-state index in [-0.39, 0.29) is 17.6 Å². The minimum atomic E-state index is -0.680. The first-order valence-electron chi connectivity index (χ1n) is 13.8. The zero-order chi connectivity index (χ0) is 23.1. The van der Waals surface area contributed by atoms with Gasteiger partial charge in [0.15, 0.2) is 0 Å². The van der Waals surface area contributed by atoms with Gasteiger partial charge in [-0.05, 0) is 104 Å². The van der Waals surface area contributed by atoms with Gasteiger partial charge in [-0.1, -0.05) is 46.5 Å². The van der Waals surface area contributed by atoms with Gasteiger partial charge >= 0.3 is 5.97 Å². The van der Waals surface area contributed by atoms with Crippen molar-refractivity contribution < 1.29 is 20.1 Å². The predicted molar refractivity (Wildman–Crippen MR) is 127 cm³/mol. The molecule has 0 aromatic carbocycles. The molecule has 184 valence electrons. The molecular formula is C28H48O4. The van der Waals surface area contributed by atoms with Crippen molar-refractivity contribution in [3.63, 3.8) is 0 Å². The maximum Gasteiger partial charge on any atom is 0.303 e. The second kappa shape index (κ2) is 9.56. The highest BCUT2D eigenvalue weighted by atomic mass is 16.4. The van der Waals surface area contributed by atoms with E-state index in [1.54, 1.807) is 0 Å². The van der Waals surface area contributed by atoms with Gasteiger partial charge in [0.25, 0.3) is 0 Å². The van der Waals surface area contributed by atoms with Crippen molar-refractivity contribution in [3.05, 3.63) is 0 Å². The van der Waals surface area contributed by atoms with Gasteiger partial charge in [0, 0.05) is 6.42 Å². The van der Waals surface area contributed by atoms with E-state index in [4.69, 9.17) is 5.11 Å². The third-order valence-corrected chi connectivity index (χ3v) is 11.3. The Morgan fingerprint density at radius 3 is 2.44 bits per heavy atom. The zero-order valence-corrected chi connectivity index (χ0v) is 20.8. The summed E-state index contributed by atoms with van der Waals surface area (Å²) in [6.45, 7) is 7.34. The Morgan fingerprint density at radius 2 is 1.69 bits per heavy atom. The summed E-state index contributed by atoms with van der Waals surface area (Å²) in [7, 11) is 0. The Labute approximate surface area is 195 Å². The number of carboxylic acids is 1. The van der Waals surface area contributed by atoms with Crippen LogP contribution in [-0.4, -0.2) is 33.5 Å². The molecule has 4 unspecified atom stereocenters. The van der Waals surface area contributed by atoms with Crippen LogP contribution in [0.1, 0.15) is 111 Å². The summed E-state index contributed by atoms with van der Waals surface area (Å²) in [5.74, 6) is 3.25. The zero-order valence-electron chi connectivity index (χ0n) is 20.8. The number of fused-ring (bicyclic) bond motifs is 5. The molecule has 0 radical (unpaired) electrons. The summed E-state index contributed by atoms with van der Waals surface area (Å²) in [5, 5.41) is 30.7. The maximum absolute atomic E-state index is 11.6. The van der Waals surface area contributed by atoms with Gasteiger partial charge in [0.1, 0.15) is 0 Å². The maximum atomic E-state index is 11.6. The quantitative estimate of drug-likeness (QED) is 0.396. The van der Waals surface area contributed by atoms with Crippen LogP contribution in [0.3, 0.4) is 0 Å². The van der Waals surface area contributed by atoms with Crippen LogP contribution >= 0.6 is 0 Å². The molecule has 10 atom stereocenters. The smallest absolute Gasteiger partial charge is 0.303 e. The molecule has 0 saturated heterocycles. The van der Waals surface area contributed by atoms with Gasteiger partial charge in [-0.15, -0.1) is 0 Å². The molecule has 4 nitrogen and oxygen atoms in total. The van der Waals surface area contributed by atoms with Crippen molar-refractivity contribution in [2.75, 3.05) is 0 Å². The first kappa shape index (κ1) is 24.5. The molecule has 0 spiro atoms. The van der Waals surface area contributed by atoms with Crippen LogP contribution in [0.5, 0.6) is 0 Å². The van der Waals surface area contributed by atoms with Crippen LogP contribution in [0.25, 0.3) is 0 Å². The van der Waals surface area contributed by atoms with Gasteiger partial charge in [0.05, 0.1) is 12.2 Å².